The minimum absolute atomic E-state index is 0.00926. The van der Waals surface area contributed by atoms with Gasteiger partial charge in [0.1, 0.15) is 23.8 Å². The highest BCUT2D eigenvalue weighted by Gasteiger charge is 2.44. The molecule has 5 atom stereocenters. The lowest BCUT2D eigenvalue weighted by Crippen LogP contribution is -2.53. The van der Waals surface area contributed by atoms with Gasteiger partial charge >= 0.3 is 22.3 Å². The molecule has 15 nitrogen and oxygen atoms in total. The summed E-state index contributed by atoms with van der Waals surface area (Å²) in [6.07, 6.45) is 10.1. The molecule has 2 heterocycles. The molecule has 1 saturated heterocycles. The monoisotopic (exact) mass is 755 g/mol. The molecule has 2 fully saturated rings. The van der Waals surface area contributed by atoms with Crippen LogP contribution in [-0.4, -0.2) is 95.4 Å². The van der Waals surface area contributed by atoms with Gasteiger partial charge in [-0.15, -0.1) is 0 Å². The van der Waals surface area contributed by atoms with Crippen molar-refractivity contribution in [1.82, 2.24) is 28.8 Å². The molecular weight excluding hydrogens is 703 g/mol. The van der Waals surface area contributed by atoms with Gasteiger partial charge in [-0.25, -0.2) is 9.52 Å². The number of carbonyl (C=O) groups is 4. The third-order valence-corrected chi connectivity index (χ3v) is 10.4. The number of imidazole rings is 1. The summed E-state index contributed by atoms with van der Waals surface area (Å²) in [7, 11) is -1.12. The zero-order valence-electron chi connectivity index (χ0n) is 31.4. The van der Waals surface area contributed by atoms with E-state index in [9.17, 15) is 27.6 Å². The molecular formula is C37H53N7O8S. The lowest BCUT2D eigenvalue weighted by atomic mass is 10.0. The predicted molar refractivity (Wildman–Crippen MR) is 201 cm³/mol. The van der Waals surface area contributed by atoms with Gasteiger partial charge in [-0.05, 0) is 77.5 Å². The van der Waals surface area contributed by atoms with Crippen LogP contribution >= 0.6 is 0 Å². The van der Waals surface area contributed by atoms with Crippen molar-refractivity contribution in [2.75, 3.05) is 20.6 Å². The van der Waals surface area contributed by atoms with E-state index in [1.165, 1.54) is 19.0 Å². The Kier molecular flexibility index (Phi) is 13.5. The van der Waals surface area contributed by atoms with E-state index < -0.39 is 57.8 Å². The molecule has 5 unspecified atom stereocenters. The Bertz CT molecular complexity index is 1850. The number of nitrogens with two attached hydrogens (primary N) is 1. The molecule has 1 aliphatic heterocycles. The van der Waals surface area contributed by atoms with Crippen molar-refractivity contribution >= 4 is 50.8 Å². The number of alkyl carbamates (subject to hydrolysis) is 1. The molecule has 2 aliphatic rings. The number of unbranched alkanes of at least 4 members (excludes halogenated alkanes) is 3. The molecule has 53 heavy (non-hydrogen) atoms. The van der Waals surface area contributed by atoms with Gasteiger partial charge in [0.05, 0.1) is 17.6 Å². The van der Waals surface area contributed by atoms with E-state index in [0.717, 1.165) is 29.1 Å². The number of aromatic nitrogens is 2. The SMILES string of the molecule is C=C(C=CC)n1c(OC2CC(C(N)=O)N(C(=O)C(CCCCCC=CC3CC3C(=O)NS(=O)(=O)N(C)C)NC(=O)OC(C)(C)C)C2)nc2ccccc21. The van der Waals surface area contributed by atoms with Crippen LogP contribution in [0.2, 0.25) is 0 Å². The number of benzene rings is 1. The first-order chi connectivity index (χ1) is 24.9. The zero-order valence-corrected chi connectivity index (χ0v) is 32.2. The molecule has 2 aromatic rings. The minimum atomic E-state index is -3.82. The number of likely N-dealkylation sites (tertiary alicyclic amines) is 1. The molecule has 0 radical (unpaired) electrons. The third kappa shape index (κ3) is 11.2. The smallest absolute Gasteiger partial charge is 0.408 e. The van der Waals surface area contributed by atoms with Crippen LogP contribution in [0.15, 0.2) is 55.1 Å². The maximum Gasteiger partial charge on any atom is 0.408 e. The second-order valence-electron chi connectivity index (χ2n) is 14.6. The van der Waals surface area contributed by atoms with Gasteiger partial charge in [-0.1, -0.05) is 49.8 Å². The third-order valence-electron chi connectivity index (χ3n) is 8.95. The molecule has 0 bridgehead atoms. The lowest BCUT2D eigenvalue weighted by molar-refractivity contribution is -0.139. The number of allylic oxidation sites excluding steroid dienone is 5. The molecule has 16 heteroatoms. The Labute approximate surface area is 311 Å². The largest absolute Gasteiger partial charge is 0.459 e. The van der Waals surface area contributed by atoms with Crippen molar-refractivity contribution in [2.45, 2.75) is 96.4 Å². The highest BCUT2D eigenvalue weighted by molar-refractivity contribution is 7.87. The second-order valence-corrected chi connectivity index (χ2v) is 16.5. The Morgan fingerprint density at radius 1 is 1.13 bits per heavy atom. The number of rotatable bonds is 17. The predicted octanol–water partition coefficient (Wildman–Crippen LogP) is 3.88. The number of fused-ring (bicyclic) bond motifs is 1. The average Bonchev–Trinajstić information content (AvgIpc) is 3.56. The van der Waals surface area contributed by atoms with Crippen LogP contribution < -0.4 is 20.5 Å². The topological polar surface area (TPSA) is 195 Å². The Balaban J connectivity index is 1.38. The number of nitrogens with one attached hydrogen (secondary N) is 2. The Hall–Kier alpha value is -4.70. The number of primary amides is 1. The molecule has 1 saturated carbocycles. The number of hydrogen-bond acceptors (Lipinski definition) is 9. The number of ether oxygens (including phenoxy) is 2. The van der Waals surface area contributed by atoms with E-state index in [0.29, 0.717) is 30.5 Å². The van der Waals surface area contributed by atoms with Crippen molar-refractivity contribution in [3.05, 3.63) is 55.1 Å². The van der Waals surface area contributed by atoms with Gasteiger partial charge in [0, 0.05) is 32.1 Å². The molecule has 1 aliphatic carbocycles. The number of para-hydroxylation sites is 2. The first-order valence-electron chi connectivity index (χ1n) is 17.9. The molecule has 4 rings (SSSR count). The summed E-state index contributed by atoms with van der Waals surface area (Å²) in [5.41, 5.74) is 7.12. The first kappa shape index (κ1) is 41.1. The molecule has 1 aromatic carbocycles. The van der Waals surface area contributed by atoms with Crippen molar-refractivity contribution in [3.63, 3.8) is 0 Å². The molecule has 1 aromatic heterocycles. The second kappa shape index (κ2) is 17.4. The van der Waals surface area contributed by atoms with Gasteiger partial charge < -0.3 is 25.4 Å². The van der Waals surface area contributed by atoms with Gasteiger partial charge in [0.2, 0.25) is 17.7 Å². The summed E-state index contributed by atoms with van der Waals surface area (Å²) in [5, 5.41) is 2.72. The summed E-state index contributed by atoms with van der Waals surface area (Å²) < 4.78 is 40.4. The van der Waals surface area contributed by atoms with Gasteiger partial charge in [0.15, 0.2) is 0 Å². The maximum absolute atomic E-state index is 14.1. The van der Waals surface area contributed by atoms with Crippen molar-refractivity contribution in [1.29, 1.82) is 0 Å². The summed E-state index contributed by atoms with van der Waals surface area (Å²) in [5.74, 6) is -2.04. The van der Waals surface area contributed by atoms with Crippen molar-refractivity contribution < 1.29 is 37.1 Å². The van der Waals surface area contributed by atoms with Crippen molar-refractivity contribution in [2.24, 2.45) is 17.6 Å². The van der Waals surface area contributed by atoms with Crippen molar-refractivity contribution in [3.8, 4) is 6.01 Å². The lowest BCUT2D eigenvalue weighted by Gasteiger charge is -2.28. The average molecular weight is 756 g/mol. The van der Waals surface area contributed by atoms with Gasteiger partial charge in [-0.2, -0.15) is 17.7 Å². The molecule has 0 spiro atoms. The zero-order chi connectivity index (χ0) is 39.1. The number of hydrogen-bond donors (Lipinski definition) is 3. The minimum Gasteiger partial charge on any atom is -0.459 e. The number of amides is 4. The van der Waals surface area contributed by atoms with E-state index >= 15 is 0 Å². The summed E-state index contributed by atoms with van der Waals surface area (Å²) in [6, 6.07) is 5.83. The molecule has 290 valence electrons. The maximum atomic E-state index is 14.1. The van der Waals surface area contributed by atoms with Gasteiger partial charge in [-0.3, -0.25) is 19.0 Å². The van der Waals surface area contributed by atoms with Crippen LogP contribution in [0.1, 0.15) is 72.6 Å². The molecule has 4 amide bonds. The quantitative estimate of drug-likeness (QED) is 0.122. The summed E-state index contributed by atoms with van der Waals surface area (Å²) in [6.45, 7) is 11.2. The highest BCUT2D eigenvalue weighted by Crippen LogP contribution is 2.40. The fraction of sp³-hybridized carbons (Fsp3) is 0.541. The van der Waals surface area contributed by atoms with Crippen LogP contribution in [0.25, 0.3) is 16.7 Å². The van der Waals surface area contributed by atoms with E-state index in [1.807, 2.05) is 55.5 Å². The Morgan fingerprint density at radius 3 is 2.51 bits per heavy atom. The van der Waals surface area contributed by atoms with Crippen LogP contribution in [-0.2, 0) is 29.3 Å². The van der Waals surface area contributed by atoms with E-state index in [4.69, 9.17) is 15.2 Å². The Morgan fingerprint density at radius 2 is 1.85 bits per heavy atom. The van der Waals surface area contributed by atoms with E-state index in [1.54, 1.807) is 25.3 Å². The fourth-order valence-corrected chi connectivity index (χ4v) is 6.75. The van der Waals surface area contributed by atoms with Crippen LogP contribution in [0.3, 0.4) is 0 Å². The first-order valence-corrected chi connectivity index (χ1v) is 19.3. The number of carbonyl (C=O) groups excluding carboxylic acids is 4. The fourth-order valence-electron chi connectivity index (χ4n) is 6.16. The van der Waals surface area contributed by atoms with E-state index in [2.05, 4.69) is 21.6 Å². The van der Waals surface area contributed by atoms with Crippen LogP contribution in [0.5, 0.6) is 6.01 Å². The van der Waals surface area contributed by atoms with Gasteiger partial charge in [0.25, 0.3) is 0 Å². The highest BCUT2D eigenvalue weighted by atomic mass is 32.2. The standard InChI is InChI=1S/C37H53N7O8S/c1-8-16-24(2)44-30-20-15-14-18-28(30)39-35(44)51-26-22-31(32(38)45)43(23-26)34(47)29(40-36(48)52-37(3,4)5)19-13-11-9-10-12-17-25-21-27(25)33(46)41-53(49,50)42(6)7/h8,12,14-18,20,25-27,29,31H,2,9-11,13,19,21-23H2,1,3-7H3,(H2,38,45)(H,40,48)(H,41,46). The normalized spacial score (nSPS) is 20.9. The summed E-state index contributed by atoms with van der Waals surface area (Å²) >= 11 is 0. The summed E-state index contributed by atoms with van der Waals surface area (Å²) in [4.78, 5) is 57.9. The number of nitrogens with zero attached hydrogens (tertiary/aromatic N) is 4. The van der Waals surface area contributed by atoms with E-state index in [-0.39, 0.29) is 30.8 Å². The molecule has 4 N–H and O–H groups in total. The van der Waals surface area contributed by atoms with Crippen LogP contribution in [0, 0.1) is 11.8 Å². The van der Waals surface area contributed by atoms with Crippen LogP contribution in [0.4, 0.5) is 4.79 Å².